The third-order valence-corrected chi connectivity index (χ3v) is 5.02. The number of hydrogen-bond acceptors (Lipinski definition) is 7. The molecule has 2 aliphatic heterocycles. The van der Waals surface area contributed by atoms with E-state index in [1.54, 1.807) is 11.0 Å². The van der Waals surface area contributed by atoms with Crippen LogP contribution in [-0.4, -0.2) is 113 Å². The normalized spacial score (nSPS) is 18.8. The number of carboxylic acid groups (broad SMARTS) is 1. The first-order chi connectivity index (χ1) is 13.7. The van der Waals surface area contributed by atoms with Crippen LogP contribution in [0.1, 0.15) is 19.3 Å². The second-order valence-electron chi connectivity index (χ2n) is 6.90. The molecule has 2 fully saturated rings. The molecule has 2 saturated heterocycles. The Bertz CT molecular complexity index is 550. The van der Waals surface area contributed by atoms with Gasteiger partial charge in [0.2, 0.25) is 5.91 Å². The molecule has 1 amide bonds. The highest BCUT2D eigenvalue weighted by Crippen LogP contribution is 2.07. The van der Waals surface area contributed by atoms with E-state index in [9.17, 15) is 4.79 Å². The highest BCUT2D eigenvalue weighted by Gasteiger charge is 2.19. The molecule has 1 aromatic heterocycles. The van der Waals surface area contributed by atoms with E-state index in [4.69, 9.17) is 14.6 Å². The number of ether oxygens (including phenoxy) is 1. The topological polar surface area (TPSA) is 104 Å². The molecule has 0 bridgehead atoms. The maximum atomic E-state index is 12.4. The van der Waals surface area contributed by atoms with E-state index in [0.29, 0.717) is 6.42 Å². The Hall–Kier alpha value is -2.04. The Morgan fingerprint density at radius 2 is 1.75 bits per heavy atom. The minimum atomic E-state index is -0.250. The summed E-state index contributed by atoms with van der Waals surface area (Å²) in [7, 11) is 0. The minimum Gasteiger partial charge on any atom is -0.483 e. The van der Waals surface area contributed by atoms with Crippen LogP contribution in [0, 0.1) is 0 Å². The van der Waals surface area contributed by atoms with Gasteiger partial charge in [-0.3, -0.25) is 19.2 Å². The van der Waals surface area contributed by atoms with Gasteiger partial charge in [-0.15, -0.1) is 0 Å². The van der Waals surface area contributed by atoms with Gasteiger partial charge in [-0.25, -0.2) is 4.98 Å². The quantitative estimate of drug-likeness (QED) is 0.623. The lowest BCUT2D eigenvalue weighted by Gasteiger charge is -2.29. The first kappa shape index (κ1) is 22.3. The molecule has 1 N–H and O–H groups in total. The third-order valence-electron chi connectivity index (χ3n) is 5.02. The number of hydrogen-bond donors (Lipinski definition) is 1. The molecular weight excluding hydrogens is 364 g/mol. The van der Waals surface area contributed by atoms with Crippen LogP contribution in [0.25, 0.3) is 0 Å². The Labute approximate surface area is 166 Å². The average Bonchev–Trinajstić information content (AvgIpc) is 3.11. The van der Waals surface area contributed by atoms with E-state index < -0.39 is 0 Å². The second-order valence-corrected chi connectivity index (χ2v) is 6.90. The zero-order chi connectivity index (χ0) is 20.0. The largest absolute Gasteiger partial charge is 0.483 e. The summed E-state index contributed by atoms with van der Waals surface area (Å²) in [4.78, 5) is 31.7. The predicted molar refractivity (Wildman–Crippen MR) is 103 cm³/mol. The number of aromatic nitrogens is 3. The number of carbonyl (C=O) groups is 2. The zero-order valence-corrected chi connectivity index (χ0v) is 16.5. The van der Waals surface area contributed by atoms with E-state index >= 15 is 0 Å². The van der Waals surface area contributed by atoms with Crippen molar-refractivity contribution in [1.82, 2.24) is 29.5 Å². The first-order valence-electron chi connectivity index (χ1n) is 9.93. The first-order valence-corrected chi connectivity index (χ1v) is 9.93. The van der Waals surface area contributed by atoms with Gasteiger partial charge in [0.1, 0.15) is 12.7 Å². The van der Waals surface area contributed by atoms with Crippen LogP contribution in [0.5, 0.6) is 0 Å². The van der Waals surface area contributed by atoms with Crippen LogP contribution in [0.15, 0.2) is 12.7 Å². The lowest BCUT2D eigenvalue weighted by Crippen LogP contribution is -2.42. The Kier molecular flexibility index (Phi) is 10.5. The molecule has 0 saturated carbocycles. The van der Waals surface area contributed by atoms with Crippen molar-refractivity contribution in [2.45, 2.75) is 25.8 Å². The third kappa shape index (κ3) is 8.32. The monoisotopic (exact) mass is 396 g/mol. The molecule has 3 heterocycles. The molecule has 0 unspecified atom stereocenters. The molecular formula is C18H32N6O4. The van der Waals surface area contributed by atoms with Crippen LogP contribution in [0.2, 0.25) is 0 Å². The van der Waals surface area contributed by atoms with E-state index in [1.807, 2.05) is 4.90 Å². The van der Waals surface area contributed by atoms with Crippen molar-refractivity contribution in [2.75, 3.05) is 65.6 Å². The van der Waals surface area contributed by atoms with Crippen LogP contribution in [0.3, 0.4) is 0 Å². The minimum absolute atomic E-state index is 0.250. The fraction of sp³-hybridized carbons (Fsp3) is 0.778. The molecule has 10 nitrogen and oxygen atoms in total. The predicted octanol–water partition coefficient (Wildman–Crippen LogP) is -0.374. The van der Waals surface area contributed by atoms with Gasteiger partial charge in [0, 0.05) is 58.8 Å². The summed E-state index contributed by atoms with van der Waals surface area (Å²) in [6.07, 6.45) is 5.70. The van der Waals surface area contributed by atoms with E-state index in [0.717, 1.165) is 85.0 Å². The summed E-state index contributed by atoms with van der Waals surface area (Å²) in [5.74, 6) is 0.273. The highest BCUT2D eigenvalue weighted by molar-refractivity contribution is 5.76. The van der Waals surface area contributed by atoms with Crippen molar-refractivity contribution in [2.24, 2.45) is 0 Å². The highest BCUT2D eigenvalue weighted by atomic mass is 16.5. The number of amides is 1. The smallest absolute Gasteiger partial charge is 0.290 e. The Morgan fingerprint density at radius 1 is 1.04 bits per heavy atom. The molecule has 1 aromatic rings. The maximum absolute atomic E-state index is 12.4. The van der Waals surface area contributed by atoms with E-state index in [-0.39, 0.29) is 12.4 Å². The van der Waals surface area contributed by atoms with Gasteiger partial charge < -0.3 is 19.6 Å². The van der Waals surface area contributed by atoms with Crippen molar-refractivity contribution in [1.29, 1.82) is 0 Å². The van der Waals surface area contributed by atoms with Crippen molar-refractivity contribution < 1.29 is 19.4 Å². The molecule has 0 spiro atoms. The lowest BCUT2D eigenvalue weighted by atomic mass is 10.2. The van der Waals surface area contributed by atoms with Crippen molar-refractivity contribution in [3.05, 3.63) is 12.7 Å². The summed E-state index contributed by atoms with van der Waals surface area (Å²) in [5.41, 5.74) is 0. The summed E-state index contributed by atoms with van der Waals surface area (Å²) < 4.78 is 7.18. The van der Waals surface area contributed by atoms with Crippen molar-refractivity contribution >= 4 is 12.4 Å². The van der Waals surface area contributed by atoms with Crippen molar-refractivity contribution in [3.8, 4) is 0 Å². The van der Waals surface area contributed by atoms with Gasteiger partial charge in [0.25, 0.3) is 6.47 Å². The van der Waals surface area contributed by atoms with E-state index in [1.165, 1.54) is 6.33 Å². The number of morpholine rings is 1. The van der Waals surface area contributed by atoms with Gasteiger partial charge in [-0.05, 0) is 19.4 Å². The van der Waals surface area contributed by atoms with Gasteiger partial charge >= 0.3 is 0 Å². The molecule has 2 aliphatic rings. The fourth-order valence-electron chi connectivity index (χ4n) is 3.45. The Balaban J connectivity index is 0.000000878. The van der Waals surface area contributed by atoms with Gasteiger partial charge in [-0.1, -0.05) is 0 Å². The summed E-state index contributed by atoms with van der Waals surface area (Å²) in [6, 6.07) is 0. The Morgan fingerprint density at radius 3 is 2.43 bits per heavy atom. The summed E-state index contributed by atoms with van der Waals surface area (Å²) >= 11 is 0. The molecule has 3 rings (SSSR count). The molecule has 158 valence electrons. The van der Waals surface area contributed by atoms with Crippen molar-refractivity contribution in [3.63, 3.8) is 0 Å². The molecule has 10 heteroatoms. The molecule has 0 radical (unpaired) electrons. The SMILES string of the molecule is O=C(CCCn1cncn1)N1CCCN(CCN2CCOCC2)CC1.O=CO. The molecule has 0 aromatic carbocycles. The number of nitrogens with zero attached hydrogens (tertiary/aromatic N) is 6. The van der Waals surface area contributed by atoms with Crippen LogP contribution in [0.4, 0.5) is 0 Å². The summed E-state index contributed by atoms with van der Waals surface area (Å²) in [5, 5.41) is 11.0. The average molecular weight is 396 g/mol. The molecule has 0 aliphatic carbocycles. The zero-order valence-electron chi connectivity index (χ0n) is 16.5. The van der Waals surface area contributed by atoms with Crippen LogP contribution < -0.4 is 0 Å². The number of aryl methyl sites for hydroxylation is 1. The standard InChI is InChI=1S/C17H30N6O2.CH2O2/c24-17(3-1-6-23-16-18-15-19-23)22-5-2-4-20(9-10-22)7-8-21-11-13-25-14-12-21;2-1-3/h15-16H,1-14H2;1H,(H,2,3). The number of rotatable bonds is 7. The van der Waals surface area contributed by atoms with Gasteiger partial charge in [0.05, 0.1) is 13.2 Å². The van der Waals surface area contributed by atoms with E-state index in [2.05, 4.69) is 19.9 Å². The second kappa shape index (κ2) is 13.2. The van der Waals surface area contributed by atoms with Crippen LogP contribution in [-0.2, 0) is 20.9 Å². The molecule has 28 heavy (non-hydrogen) atoms. The number of carbonyl (C=O) groups excluding carboxylic acids is 1. The van der Waals surface area contributed by atoms with Gasteiger partial charge in [0.15, 0.2) is 0 Å². The lowest BCUT2D eigenvalue weighted by molar-refractivity contribution is -0.131. The molecule has 0 atom stereocenters. The van der Waals surface area contributed by atoms with Crippen LogP contribution >= 0.6 is 0 Å². The van der Waals surface area contributed by atoms with Gasteiger partial charge in [-0.2, -0.15) is 5.10 Å². The fourth-order valence-corrected chi connectivity index (χ4v) is 3.45. The maximum Gasteiger partial charge on any atom is 0.290 e. The summed E-state index contributed by atoms with van der Waals surface area (Å²) in [6.45, 7) is 10.3.